The van der Waals surface area contributed by atoms with Crippen molar-refractivity contribution >= 4 is 35.2 Å². The molecule has 166 valence electrons. The van der Waals surface area contributed by atoms with Crippen molar-refractivity contribution in [3.05, 3.63) is 72.3 Å². The Morgan fingerprint density at radius 1 is 1.16 bits per heavy atom. The number of rotatable bonds is 8. The van der Waals surface area contributed by atoms with Gasteiger partial charge in [0, 0.05) is 12.2 Å². The van der Waals surface area contributed by atoms with Gasteiger partial charge in [0.15, 0.2) is 0 Å². The number of benzene rings is 2. The second kappa shape index (κ2) is 9.91. The number of carbonyl (C=O) groups is 4. The predicted molar refractivity (Wildman–Crippen MR) is 120 cm³/mol. The maximum atomic E-state index is 13.1. The molecule has 0 radical (unpaired) electrons. The monoisotopic (exact) mass is 435 g/mol. The Balaban J connectivity index is 1.73. The molecule has 8 heteroatoms. The average Bonchev–Trinajstić information content (AvgIpc) is 2.98. The Morgan fingerprint density at radius 3 is 2.50 bits per heavy atom. The first kappa shape index (κ1) is 22.7. The van der Waals surface area contributed by atoms with Crippen LogP contribution in [0.3, 0.4) is 0 Å². The molecular weight excluding hydrogens is 410 g/mol. The molecule has 1 aliphatic heterocycles. The van der Waals surface area contributed by atoms with Gasteiger partial charge in [-0.1, -0.05) is 18.2 Å². The number of hydrogen-bond acceptors (Lipinski definition) is 5. The van der Waals surface area contributed by atoms with Crippen LogP contribution in [-0.2, 0) is 14.3 Å². The van der Waals surface area contributed by atoms with Gasteiger partial charge >= 0.3 is 12.0 Å². The number of carbonyl (C=O) groups excluding carboxylic acids is 4. The summed E-state index contributed by atoms with van der Waals surface area (Å²) in [7, 11) is 0. The number of nitrogens with zero attached hydrogens (tertiary/aromatic N) is 2. The summed E-state index contributed by atoms with van der Waals surface area (Å²) in [5.74, 6) is -1.34. The molecule has 1 saturated heterocycles. The number of amides is 4. The number of urea groups is 1. The molecule has 3 rings (SSSR count). The highest BCUT2D eigenvalue weighted by Crippen LogP contribution is 2.27. The second-order valence-corrected chi connectivity index (χ2v) is 7.30. The van der Waals surface area contributed by atoms with Crippen molar-refractivity contribution in [2.24, 2.45) is 0 Å². The molecule has 0 saturated carbocycles. The van der Waals surface area contributed by atoms with E-state index in [0.29, 0.717) is 16.9 Å². The highest BCUT2D eigenvalue weighted by molar-refractivity contribution is 6.22. The summed E-state index contributed by atoms with van der Waals surface area (Å²) >= 11 is 0. The number of nitrogens with one attached hydrogen (secondary N) is 1. The number of hydrogen-bond donors (Lipinski definition) is 1. The van der Waals surface area contributed by atoms with Crippen LogP contribution in [0.15, 0.2) is 61.2 Å². The minimum absolute atomic E-state index is 0.138. The van der Waals surface area contributed by atoms with Crippen LogP contribution in [0, 0.1) is 6.92 Å². The lowest BCUT2D eigenvalue weighted by Crippen LogP contribution is -2.38. The summed E-state index contributed by atoms with van der Waals surface area (Å²) in [6, 6.07) is 11.9. The van der Waals surface area contributed by atoms with Crippen LogP contribution in [0.1, 0.15) is 29.3 Å². The third-order valence-corrected chi connectivity index (χ3v) is 4.96. The van der Waals surface area contributed by atoms with Crippen molar-refractivity contribution in [1.29, 1.82) is 0 Å². The van der Waals surface area contributed by atoms with E-state index >= 15 is 0 Å². The molecule has 2 aromatic carbocycles. The molecule has 1 aliphatic rings. The topological polar surface area (TPSA) is 96.0 Å². The smallest absolute Gasteiger partial charge is 0.338 e. The molecule has 4 amide bonds. The summed E-state index contributed by atoms with van der Waals surface area (Å²) in [6.07, 6.45) is 1.31. The van der Waals surface area contributed by atoms with Crippen molar-refractivity contribution in [3.8, 4) is 0 Å². The first-order valence-corrected chi connectivity index (χ1v) is 10.2. The quantitative estimate of drug-likeness (QED) is 0.389. The molecule has 32 heavy (non-hydrogen) atoms. The molecular formula is C24H25N3O5. The SMILES string of the molecule is C=CCN1C(=O)N(c2cccc(C)c2)C(=O)[C@H]1CC(=O)Nc1ccc(C(=O)OCC)cc1. The van der Waals surface area contributed by atoms with Crippen molar-refractivity contribution in [3.63, 3.8) is 0 Å². The van der Waals surface area contributed by atoms with Crippen LogP contribution >= 0.6 is 0 Å². The minimum Gasteiger partial charge on any atom is -0.462 e. The molecule has 0 unspecified atom stereocenters. The van der Waals surface area contributed by atoms with Gasteiger partial charge in [-0.25, -0.2) is 14.5 Å². The van der Waals surface area contributed by atoms with Crippen LogP contribution in [0.25, 0.3) is 0 Å². The van der Waals surface area contributed by atoms with E-state index in [1.807, 2.05) is 13.0 Å². The van der Waals surface area contributed by atoms with E-state index in [9.17, 15) is 19.2 Å². The standard InChI is InChI=1S/C24H25N3O5/c1-4-13-26-20(22(29)27(24(26)31)19-8-6-7-16(3)14-19)15-21(28)25-18-11-9-17(10-12-18)23(30)32-5-2/h4,6-12,14,20H,1,5,13,15H2,2-3H3,(H,25,28)/t20-/m1/s1. The summed E-state index contributed by atoms with van der Waals surface area (Å²) in [4.78, 5) is 52.8. The lowest BCUT2D eigenvalue weighted by atomic mass is 10.1. The summed E-state index contributed by atoms with van der Waals surface area (Å²) in [5.41, 5.74) is 2.20. The van der Waals surface area contributed by atoms with Gasteiger partial charge < -0.3 is 15.0 Å². The van der Waals surface area contributed by atoms with E-state index in [4.69, 9.17) is 4.74 Å². The van der Waals surface area contributed by atoms with Crippen molar-refractivity contribution in [2.75, 3.05) is 23.4 Å². The second-order valence-electron chi connectivity index (χ2n) is 7.30. The fourth-order valence-electron chi connectivity index (χ4n) is 3.48. The van der Waals surface area contributed by atoms with E-state index in [-0.39, 0.29) is 19.6 Å². The van der Waals surface area contributed by atoms with Gasteiger partial charge in [0.05, 0.1) is 24.3 Å². The zero-order chi connectivity index (χ0) is 23.3. The molecule has 2 aromatic rings. The number of ether oxygens (including phenoxy) is 1. The van der Waals surface area contributed by atoms with Gasteiger partial charge in [-0.15, -0.1) is 6.58 Å². The van der Waals surface area contributed by atoms with Gasteiger partial charge in [-0.3, -0.25) is 9.59 Å². The molecule has 0 spiro atoms. The van der Waals surface area contributed by atoms with Gasteiger partial charge in [0.25, 0.3) is 5.91 Å². The Kier molecular flexibility index (Phi) is 7.04. The molecule has 1 N–H and O–H groups in total. The van der Waals surface area contributed by atoms with Gasteiger partial charge in [-0.05, 0) is 55.8 Å². The first-order chi connectivity index (χ1) is 15.3. The van der Waals surface area contributed by atoms with Gasteiger partial charge in [0.1, 0.15) is 6.04 Å². The number of anilines is 2. The first-order valence-electron chi connectivity index (χ1n) is 10.2. The normalized spacial score (nSPS) is 15.6. The Morgan fingerprint density at radius 2 is 1.88 bits per heavy atom. The minimum atomic E-state index is -0.945. The average molecular weight is 435 g/mol. The Bertz CT molecular complexity index is 1050. The fraction of sp³-hybridized carbons (Fsp3) is 0.250. The lowest BCUT2D eigenvalue weighted by Gasteiger charge is -2.19. The van der Waals surface area contributed by atoms with Gasteiger partial charge in [-0.2, -0.15) is 0 Å². The maximum Gasteiger partial charge on any atom is 0.338 e. The van der Waals surface area contributed by atoms with E-state index < -0.39 is 29.9 Å². The van der Waals surface area contributed by atoms with Crippen molar-refractivity contribution in [1.82, 2.24) is 4.90 Å². The number of imide groups is 1. The highest BCUT2D eigenvalue weighted by atomic mass is 16.5. The van der Waals surface area contributed by atoms with Crippen LogP contribution in [0.2, 0.25) is 0 Å². The number of esters is 1. The van der Waals surface area contributed by atoms with Crippen molar-refractivity contribution in [2.45, 2.75) is 26.3 Å². The third-order valence-electron chi connectivity index (χ3n) is 4.96. The highest BCUT2D eigenvalue weighted by Gasteiger charge is 2.46. The largest absolute Gasteiger partial charge is 0.462 e. The van der Waals surface area contributed by atoms with E-state index in [2.05, 4.69) is 11.9 Å². The molecule has 1 fully saturated rings. The molecule has 1 heterocycles. The van der Waals surface area contributed by atoms with Crippen LogP contribution < -0.4 is 10.2 Å². The summed E-state index contributed by atoms with van der Waals surface area (Å²) in [6.45, 7) is 7.65. The predicted octanol–water partition coefficient (Wildman–Crippen LogP) is 3.52. The van der Waals surface area contributed by atoms with Crippen LogP contribution in [0.5, 0.6) is 0 Å². The maximum absolute atomic E-state index is 13.1. The molecule has 8 nitrogen and oxygen atoms in total. The van der Waals surface area contributed by atoms with Gasteiger partial charge in [0.2, 0.25) is 5.91 Å². The zero-order valence-corrected chi connectivity index (χ0v) is 18.0. The van der Waals surface area contributed by atoms with E-state index in [0.717, 1.165) is 10.5 Å². The van der Waals surface area contributed by atoms with E-state index in [1.54, 1.807) is 49.4 Å². The molecule has 0 bridgehead atoms. The fourth-order valence-corrected chi connectivity index (χ4v) is 3.48. The molecule has 0 aromatic heterocycles. The summed E-state index contributed by atoms with van der Waals surface area (Å²) in [5, 5.41) is 2.70. The van der Waals surface area contributed by atoms with E-state index in [1.165, 1.54) is 11.0 Å². The Labute approximate surface area is 186 Å². The third kappa shape index (κ3) is 4.85. The van der Waals surface area contributed by atoms with Crippen LogP contribution in [0.4, 0.5) is 16.2 Å². The van der Waals surface area contributed by atoms with Crippen molar-refractivity contribution < 1.29 is 23.9 Å². The molecule has 0 aliphatic carbocycles. The zero-order valence-electron chi connectivity index (χ0n) is 18.0. The molecule has 1 atom stereocenters. The van der Waals surface area contributed by atoms with Crippen LogP contribution in [-0.4, -0.2) is 47.9 Å². The lowest BCUT2D eigenvalue weighted by molar-refractivity contribution is -0.124. The Hall–Kier alpha value is -3.94. The summed E-state index contributed by atoms with van der Waals surface area (Å²) < 4.78 is 4.93. The number of aryl methyl sites for hydroxylation is 1.